The molecule has 0 radical (unpaired) electrons. The van der Waals surface area contributed by atoms with Crippen LogP contribution >= 0.6 is 12.4 Å². The van der Waals surface area contributed by atoms with Crippen LogP contribution in [-0.2, 0) is 0 Å². The van der Waals surface area contributed by atoms with Crippen LogP contribution in [0.15, 0.2) is 30.5 Å². The Morgan fingerprint density at radius 2 is 1.88 bits per heavy atom. The average Bonchev–Trinajstić information content (AvgIpc) is 2.61. The number of fused-ring (bicyclic) bond motifs is 1. The van der Waals surface area contributed by atoms with Crippen molar-refractivity contribution in [1.82, 2.24) is 4.98 Å². The molecule has 1 atom stereocenters. The molecule has 1 aromatic heterocycles. The van der Waals surface area contributed by atoms with Crippen LogP contribution in [0.5, 0.6) is 0 Å². The van der Waals surface area contributed by atoms with Crippen molar-refractivity contribution in [2.24, 2.45) is 11.1 Å². The second kappa shape index (κ2) is 4.48. The molecule has 16 heavy (non-hydrogen) atoms. The monoisotopic (exact) mass is 238 g/mol. The minimum absolute atomic E-state index is 0. The van der Waals surface area contributed by atoms with Gasteiger partial charge in [0.2, 0.25) is 0 Å². The molecule has 2 rings (SSSR count). The number of nitrogens with one attached hydrogen (secondary N) is 1. The first-order valence-electron chi connectivity index (χ1n) is 5.31. The zero-order valence-electron chi connectivity index (χ0n) is 9.95. The van der Waals surface area contributed by atoms with Crippen LogP contribution in [0.4, 0.5) is 0 Å². The summed E-state index contributed by atoms with van der Waals surface area (Å²) >= 11 is 0. The van der Waals surface area contributed by atoms with Crippen molar-refractivity contribution in [3.63, 3.8) is 0 Å². The van der Waals surface area contributed by atoms with Gasteiger partial charge in [-0.2, -0.15) is 0 Å². The highest BCUT2D eigenvalue weighted by atomic mass is 35.5. The van der Waals surface area contributed by atoms with E-state index in [0.717, 1.165) is 0 Å². The zero-order valence-corrected chi connectivity index (χ0v) is 10.8. The highest BCUT2D eigenvalue weighted by molar-refractivity contribution is 5.85. The molecule has 0 aliphatic rings. The summed E-state index contributed by atoms with van der Waals surface area (Å²) in [5.74, 6) is 0. The maximum atomic E-state index is 6.22. The second-order valence-electron chi connectivity index (χ2n) is 5.17. The number of nitrogens with two attached hydrogens (primary N) is 1. The molecule has 0 unspecified atom stereocenters. The van der Waals surface area contributed by atoms with Crippen molar-refractivity contribution in [2.75, 3.05) is 0 Å². The van der Waals surface area contributed by atoms with Gasteiger partial charge in [-0.3, -0.25) is 0 Å². The topological polar surface area (TPSA) is 41.8 Å². The highest BCUT2D eigenvalue weighted by Gasteiger charge is 2.22. The second-order valence-corrected chi connectivity index (χ2v) is 5.17. The summed E-state index contributed by atoms with van der Waals surface area (Å²) in [6.07, 6.45) is 1.96. The molecule has 0 amide bonds. The molecule has 2 nitrogen and oxygen atoms in total. The molecule has 0 spiro atoms. The molecule has 0 fully saturated rings. The smallest absolute Gasteiger partial charge is 0.0454 e. The van der Waals surface area contributed by atoms with Crippen molar-refractivity contribution >= 4 is 23.3 Å². The lowest BCUT2D eigenvalue weighted by molar-refractivity contribution is 0.327. The van der Waals surface area contributed by atoms with E-state index in [9.17, 15) is 0 Å². The Labute approximate surface area is 103 Å². The number of rotatable bonds is 1. The van der Waals surface area contributed by atoms with Gasteiger partial charge in [0.25, 0.3) is 0 Å². The fraction of sp³-hybridized carbons (Fsp3) is 0.385. The molecule has 1 aromatic carbocycles. The summed E-state index contributed by atoms with van der Waals surface area (Å²) in [7, 11) is 0. The van der Waals surface area contributed by atoms with Crippen LogP contribution < -0.4 is 5.73 Å². The lowest BCUT2D eigenvalue weighted by Crippen LogP contribution is -2.26. The Morgan fingerprint density at radius 1 is 1.19 bits per heavy atom. The van der Waals surface area contributed by atoms with Crippen LogP contribution in [0.25, 0.3) is 10.9 Å². The SMILES string of the molecule is CC(C)(C)[C@H](N)c1ccc2[nH]ccc2c1.Cl. The zero-order chi connectivity index (χ0) is 11.1. The first-order valence-corrected chi connectivity index (χ1v) is 5.31. The van der Waals surface area contributed by atoms with Gasteiger partial charge in [0.15, 0.2) is 0 Å². The van der Waals surface area contributed by atoms with Gasteiger partial charge in [0, 0.05) is 17.8 Å². The minimum Gasteiger partial charge on any atom is -0.361 e. The Morgan fingerprint density at radius 3 is 2.50 bits per heavy atom. The molecule has 0 aliphatic carbocycles. The Kier molecular flexibility index (Phi) is 3.66. The molecular formula is C13H19ClN2. The van der Waals surface area contributed by atoms with E-state index in [4.69, 9.17) is 5.73 Å². The van der Waals surface area contributed by atoms with Crippen molar-refractivity contribution in [1.29, 1.82) is 0 Å². The maximum Gasteiger partial charge on any atom is 0.0454 e. The number of aromatic nitrogens is 1. The summed E-state index contributed by atoms with van der Waals surface area (Å²) in [5, 5.41) is 1.23. The third-order valence-electron chi connectivity index (χ3n) is 2.87. The van der Waals surface area contributed by atoms with E-state index in [0.29, 0.717) is 0 Å². The predicted molar refractivity (Wildman–Crippen MR) is 71.9 cm³/mol. The fourth-order valence-corrected chi connectivity index (χ4v) is 1.77. The van der Waals surface area contributed by atoms with Gasteiger partial charge in [-0.15, -0.1) is 12.4 Å². The van der Waals surface area contributed by atoms with Crippen LogP contribution in [-0.4, -0.2) is 4.98 Å². The van der Waals surface area contributed by atoms with Crippen molar-refractivity contribution in [2.45, 2.75) is 26.8 Å². The molecule has 3 N–H and O–H groups in total. The van der Waals surface area contributed by atoms with Gasteiger partial charge >= 0.3 is 0 Å². The standard InChI is InChI=1S/C13H18N2.ClH/c1-13(2,3)12(14)10-4-5-11-9(8-10)6-7-15-11;/h4-8,12,15H,14H2,1-3H3;1H/t12-;/m1./s1. The highest BCUT2D eigenvalue weighted by Crippen LogP contribution is 2.31. The van der Waals surface area contributed by atoms with E-state index >= 15 is 0 Å². The van der Waals surface area contributed by atoms with E-state index in [-0.39, 0.29) is 23.9 Å². The molecule has 1 heterocycles. The number of benzene rings is 1. The number of aromatic amines is 1. The summed E-state index contributed by atoms with van der Waals surface area (Å²) in [4.78, 5) is 3.18. The number of halogens is 1. The van der Waals surface area contributed by atoms with E-state index in [1.807, 2.05) is 6.20 Å². The molecule has 88 valence electrons. The Bertz CT molecular complexity index is 468. The molecule has 0 saturated heterocycles. The summed E-state index contributed by atoms with van der Waals surface area (Å²) in [6.45, 7) is 6.50. The van der Waals surface area contributed by atoms with Crippen LogP contribution in [0.1, 0.15) is 32.4 Å². The van der Waals surface area contributed by atoms with E-state index in [2.05, 4.69) is 50.0 Å². The predicted octanol–water partition coefficient (Wildman–Crippen LogP) is 3.64. The summed E-state index contributed by atoms with van der Waals surface area (Å²) in [5.41, 5.74) is 8.69. The van der Waals surface area contributed by atoms with Crippen LogP contribution in [0.2, 0.25) is 0 Å². The van der Waals surface area contributed by atoms with Crippen LogP contribution in [0, 0.1) is 5.41 Å². The van der Waals surface area contributed by atoms with Crippen molar-refractivity contribution in [3.8, 4) is 0 Å². The van der Waals surface area contributed by atoms with E-state index < -0.39 is 0 Å². The lowest BCUT2D eigenvalue weighted by Gasteiger charge is -2.27. The third kappa shape index (κ3) is 2.39. The van der Waals surface area contributed by atoms with Gasteiger partial charge in [-0.05, 0) is 34.6 Å². The number of H-pyrrole nitrogens is 1. The minimum atomic E-state index is 0. The summed E-state index contributed by atoms with van der Waals surface area (Å²) < 4.78 is 0. The maximum absolute atomic E-state index is 6.22. The Hall–Kier alpha value is -0.990. The van der Waals surface area contributed by atoms with Gasteiger partial charge < -0.3 is 10.7 Å². The normalized spacial score (nSPS) is 13.5. The van der Waals surface area contributed by atoms with Gasteiger partial charge in [0.1, 0.15) is 0 Å². The average molecular weight is 239 g/mol. The largest absolute Gasteiger partial charge is 0.361 e. The quantitative estimate of drug-likeness (QED) is 0.783. The van der Waals surface area contributed by atoms with Gasteiger partial charge in [-0.1, -0.05) is 26.8 Å². The molecule has 0 bridgehead atoms. The van der Waals surface area contributed by atoms with Crippen LogP contribution in [0.3, 0.4) is 0 Å². The first-order chi connectivity index (χ1) is 6.98. The van der Waals surface area contributed by atoms with Crippen molar-refractivity contribution < 1.29 is 0 Å². The number of hydrogen-bond acceptors (Lipinski definition) is 1. The molecular weight excluding hydrogens is 220 g/mol. The van der Waals surface area contributed by atoms with Gasteiger partial charge in [0.05, 0.1) is 0 Å². The molecule has 3 heteroatoms. The van der Waals surface area contributed by atoms with Crippen molar-refractivity contribution in [3.05, 3.63) is 36.0 Å². The molecule has 0 aliphatic heterocycles. The molecule has 2 aromatic rings. The molecule has 0 saturated carbocycles. The summed E-state index contributed by atoms with van der Waals surface area (Å²) in [6, 6.07) is 8.53. The van der Waals surface area contributed by atoms with Gasteiger partial charge in [-0.25, -0.2) is 0 Å². The van der Waals surface area contributed by atoms with E-state index in [1.165, 1.54) is 16.5 Å². The lowest BCUT2D eigenvalue weighted by atomic mass is 9.83. The van der Waals surface area contributed by atoms with E-state index in [1.54, 1.807) is 0 Å². The third-order valence-corrected chi connectivity index (χ3v) is 2.87. The Balaban J connectivity index is 0.00000128. The fourth-order valence-electron chi connectivity index (χ4n) is 1.77. The number of hydrogen-bond donors (Lipinski definition) is 2. The first kappa shape index (κ1) is 13.1.